The molecule has 0 bridgehead atoms. The Morgan fingerprint density at radius 1 is 0.337 bits per heavy atom. The van der Waals surface area contributed by atoms with Gasteiger partial charge in [-0.3, -0.25) is 9.59 Å². The predicted molar refractivity (Wildman–Crippen MR) is 366 cm³/mol. The Bertz CT molecular complexity index is 1390. The van der Waals surface area contributed by atoms with Crippen LogP contribution in [0.25, 0.3) is 0 Å². The molecule has 0 aliphatic carbocycles. The topological polar surface area (TPSA) is 95.9 Å². The first-order valence-corrected chi connectivity index (χ1v) is 37.4. The molecule has 6 heteroatoms. The summed E-state index contributed by atoms with van der Waals surface area (Å²) in [6.07, 6.45) is 94.9. The van der Waals surface area contributed by atoms with Crippen molar-refractivity contribution in [2.75, 3.05) is 13.2 Å². The van der Waals surface area contributed by atoms with Gasteiger partial charge in [0.25, 0.3) is 0 Å². The number of nitrogens with one attached hydrogen (secondary N) is 1. The zero-order valence-corrected chi connectivity index (χ0v) is 55.9. The van der Waals surface area contributed by atoms with E-state index in [2.05, 4.69) is 55.6 Å². The largest absolute Gasteiger partial charge is 0.466 e. The van der Waals surface area contributed by atoms with Crippen LogP contribution in [0, 0.1) is 0 Å². The summed E-state index contributed by atoms with van der Waals surface area (Å²) in [7, 11) is 0. The van der Waals surface area contributed by atoms with Gasteiger partial charge in [0.15, 0.2) is 0 Å². The van der Waals surface area contributed by atoms with E-state index >= 15 is 0 Å². The lowest BCUT2D eigenvalue weighted by Crippen LogP contribution is -2.45. The van der Waals surface area contributed by atoms with E-state index in [4.69, 9.17) is 4.74 Å². The second-order valence-electron chi connectivity index (χ2n) is 25.6. The van der Waals surface area contributed by atoms with E-state index in [1.165, 1.54) is 327 Å². The van der Waals surface area contributed by atoms with E-state index in [1.807, 2.05) is 6.08 Å². The van der Waals surface area contributed by atoms with Crippen molar-refractivity contribution in [3.05, 3.63) is 48.6 Å². The van der Waals surface area contributed by atoms with Crippen LogP contribution < -0.4 is 5.32 Å². The maximum absolute atomic E-state index is 12.5. The third kappa shape index (κ3) is 68.8. The standard InChI is InChI=1S/C77H145NO5/c1-3-5-7-9-11-13-15-17-19-20-21-32-35-38-42-45-49-53-57-61-65-69-75(80)74(73-79)78-76(81)70-66-62-58-54-50-46-43-39-36-33-30-28-26-24-22-23-25-27-29-31-34-37-40-44-48-52-56-60-64-68-72-83-77(82)71-67-63-59-55-51-47-41-18-16-14-12-10-8-6-4-2/h12,14,18,23,25,41,65,69,74-75,79-80H,3-11,13,15-17,19-22,24,26-40,42-64,66-68,70-73H2,1-2H3,(H,78,81)/b14-12-,25-23-,41-18-,69-65+. The Morgan fingerprint density at radius 2 is 0.602 bits per heavy atom. The second kappa shape index (κ2) is 72.3. The van der Waals surface area contributed by atoms with Crippen molar-refractivity contribution in [1.82, 2.24) is 5.32 Å². The van der Waals surface area contributed by atoms with Gasteiger partial charge in [-0.25, -0.2) is 0 Å². The number of hydrogen-bond donors (Lipinski definition) is 3. The molecule has 0 aliphatic rings. The summed E-state index contributed by atoms with van der Waals surface area (Å²) in [5, 5.41) is 23.3. The summed E-state index contributed by atoms with van der Waals surface area (Å²) in [6.45, 7) is 4.91. The number of hydrogen-bond acceptors (Lipinski definition) is 5. The van der Waals surface area contributed by atoms with Crippen LogP contribution in [0.2, 0.25) is 0 Å². The molecule has 3 N–H and O–H groups in total. The molecule has 0 aliphatic heterocycles. The van der Waals surface area contributed by atoms with Crippen LogP contribution in [0.4, 0.5) is 0 Å². The first kappa shape index (κ1) is 80.8. The van der Waals surface area contributed by atoms with Gasteiger partial charge in [-0.1, -0.05) is 351 Å². The molecule has 0 aromatic rings. The molecule has 0 aromatic heterocycles. The molecule has 1 amide bonds. The lowest BCUT2D eigenvalue weighted by molar-refractivity contribution is -0.143. The maximum atomic E-state index is 12.5. The van der Waals surface area contributed by atoms with Gasteiger partial charge in [0, 0.05) is 12.8 Å². The Kier molecular flexibility index (Phi) is 70.4. The lowest BCUT2D eigenvalue weighted by atomic mass is 10.0. The Labute approximate surface area is 518 Å². The van der Waals surface area contributed by atoms with Crippen LogP contribution in [0.15, 0.2) is 48.6 Å². The highest BCUT2D eigenvalue weighted by molar-refractivity contribution is 5.76. The van der Waals surface area contributed by atoms with E-state index in [9.17, 15) is 19.8 Å². The minimum Gasteiger partial charge on any atom is -0.466 e. The molecule has 2 atom stereocenters. The molecule has 2 unspecified atom stereocenters. The van der Waals surface area contributed by atoms with Crippen molar-refractivity contribution < 1.29 is 24.5 Å². The smallest absolute Gasteiger partial charge is 0.305 e. The number of carbonyl (C=O) groups is 2. The van der Waals surface area contributed by atoms with Crippen molar-refractivity contribution in [1.29, 1.82) is 0 Å². The summed E-state index contributed by atoms with van der Waals surface area (Å²) in [4.78, 5) is 24.6. The Balaban J connectivity index is 3.40. The Morgan fingerprint density at radius 3 is 0.952 bits per heavy atom. The van der Waals surface area contributed by atoms with Crippen molar-refractivity contribution in [2.45, 2.75) is 418 Å². The van der Waals surface area contributed by atoms with E-state index < -0.39 is 12.1 Å². The number of unbranched alkanes of at least 4 members (excludes halogenated alkanes) is 53. The Hall–Kier alpha value is -2.18. The van der Waals surface area contributed by atoms with Crippen LogP contribution in [0.1, 0.15) is 406 Å². The third-order valence-corrected chi connectivity index (χ3v) is 17.3. The van der Waals surface area contributed by atoms with Crippen molar-refractivity contribution in [3.8, 4) is 0 Å². The first-order chi connectivity index (χ1) is 41.0. The van der Waals surface area contributed by atoms with E-state index in [0.717, 1.165) is 51.4 Å². The zero-order valence-electron chi connectivity index (χ0n) is 55.9. The number of ether oxygens (including phenoxy) is 1. The number of carbonyl (C=O) groups excluding carboxylic acids is 2. The number of rotatable bonds is 70. The number of allylic oxidation sites excluding steroid dienone is 7. The number of aliphatic hydroxyl groups is 2. The monoisotopic (exact) mass is 1160 g/mol. The van der Waals surface area contributed by atoms with Gasteiger partial charge < -0.3 is 20.3 Å². The van der Waals surface area contributed by atoms with E-state index in [-0.39, 0.29) is 18.5 Å². The molecule has 0 rings (SSSR count). The SMILES string of the molecule is CCCCC/C=C\C/C=C\CCCCCCCC(=O)OCCCCCCCCCCCCCC/C=C\CCCCCCCCCCCCCCCCC(=O)NC(CO)C(O)/C=C/CCCCCCCCCCCCCCCCCCCCC. The van der Waals surface area contributed by atoms with Gasteiger partial charge in [0.2, 0.25) is 5.91 Å². The lowest BCUT2D eigenvalue weighted by Gasteiger charge is -2.20. The summed E-state index contributed by atoms with van der Waals surface area (Å²) in [5.41, 5.74) is 0. The molecule has 0 saturated heterocycles. The van der Waals surface area contributed by atoms with Crippen molar-refractivity contribution in [3.63, 3.8) is 0 Å². The van der Waals surface area contributed by atoms with Gasteiger partial charge in [-0.05, 0) is 89.9 Å². The fourth-order valence-electron chi connectivity index (χ4n) is 11.6. The van der Waals surface area contributed by atoms with E-state index in [0.29, 0.717) is 19.4 Å². The van der Waals surface area contributed by atoms with Crippen LogP contribution in [-0.4, -0.2) is 47.4 Å². The molecule has 0 spiro atoms. The molecule has 0 fully saturated rings. The number of aliphatic hydroxyl groups excluding tert-OH is 2. The van der Waals surface area contributed by atoms with Gasteiger partial charge in [-0.2, -0.15) is 0 Å². The summed E-state index contributed by atoms with van der Waals surface area (Å²) >= 11 is 0. The number of esters is 1. The highest BCUT2D eigenvalue weighted by Crippen LogP contribution is 2.19. The van der Waals surface area contributed by atoms with Crippen molar-refractivity contribution in [2.24, 2.45) is 0 Å². The molecule has 0 radical (unpaired) electrons. The summed E-state index contributed by atoms with van der Waals surface area (Å²) in [5.74, 6) is -0.0599. The van der Waals surface area contributed by atoms with Gasteiger partial charge in [0.05, 0.1) is 25.4 Å². The van der Waals surface area contributed by atoms with Crippen LogP contribution in [-0.2, 0) is 14.3 Å². The molecule has 6 nitrogen and oxygen atoms in total. The molecule has 83 heavy (non-hydrogen) atoms. The maximum Gasteiger partial charge on any atom is 0.305 e. The predicted octanol–water partition coefficient (Wildman–Crippen LogP) is 24.4. The van der Waals surface area contributed by atoms with Crippen LogP contribution >= 0.6 is 0 Å². The van der Waals surface area contributed by atoms with Gasteiger partial charge in [-0.15, -0.1) is 0 Å². The third-order valence-electron chi connectivity index (χ3n) is 17.3. The molecular weight excluding hydrogens is 1020 g/mol. The molecule has 0 saturated carbocycles. The fraction of sp³-hybridized carbons (Fsp3) is 0.870. The van der Waals surface area contributed by atoms with Crippen LogP contribution in [0.3, 0.4) is 0 Å². The second-order valence-corrected chi connectivity index (χ2v) is 25.6. The summed E-state index contributed by atoms with van der Waals surface area (Å²) < 4.78 is 5.49. The number of amides is 1. The average Bonchev–Trinajstić information content (AvgIpc) is 3.49. The minimum atomic E-state index is -0.845. The summed E-state index contributed by atoms with van der Waals surface area (Å²) in [6, 6.07) is -0.628. The first-order valence-electron chi connectivity index (χ1n) is 37.4. The fourth-order valence-corrected chi connectivity index (χ4v) is 11.6. The van der Waals surface area contributed by atoms with E-state index in [1.54, 1.807) is 6.08 Å². The minimum absolute atomic E-state index is 0.00303. The van der Waals surface area contributed by atoms with Crippen LogP contribution in [0.5, 0.6) is 0 Å². The molecule has 0 heterocycles. The normalized spacial score (nSPS) is 12.8. The average molecular weight is 1170 g/mol. The molecular formula is C77H145NO5. The highest BCUT2D eigenvalue weighted by Gasteiger charge is 2.18. The quantitative estimate of drug-likeness (QED) is 0.0320. The van der Waals surface area contributed by atoms with Gasteiger partial charge >= 0.3 is 5.97 Å². The molecule has 0 aromatic carbocycles. The van der Waals surface area contributed by atoms with Gasteiger partial charge in [0.1, 0.15) is 0 Å². The zero-order chi connectivity index (χ0) is 59.9. The molecule has 488 valence electrons. The van der Waals surface area contributed by atoms with Crippen molar-refractivity contribution >= 4 is 11.9 Å². The highest BCUT2D eigenvalue weighted by atomic mass is 16.5.